The molecule has 1 aromatic rings. The molecule has 2 nitrogen and oxygen atoms in total. The third kappa shape index (κ3) is 3.39. The third-order valence-corrected chi connectivity index (χ3v) is 3.11. The van der Waals surface area contributed by atoms with E-state index in [1.54, 1.807) is 0 Å². The van der Waals surface area contributed by atoms with E-state index >= 15 is 0 Å². The Morgan fingerprint density at radius 2 is 2.44 bits per heavy atom. The molecule has 0 bridgehead atoms. The maximum absolute atomic E-state index is 5.93. The van der Waals surface area contributed by atoms with Crippen LogP contribution in [0.15, 0.2) is 24.3 Å². The van der Waals surface area contributed by atoms with Gasteiger partial charge in [0.2, 0.25) is 0 Å². The van der Waals surface area contributed by atoms with Gasteiger partial charge >= 0.3 is 0 Å². The molecule has 0 aromatic heterocycles. The minimum atomic E-state index is 0.418. The zero-order chi connectivity index (χ0) is 11.4. The molecule has 1 aliphatic heterocycles. The minimum Gasteiger partial charge on any atom is -0.382 e. The Morgan fingerprint density at radius 3 is 3.12 bits per heavy atom. The van der Waals surface area contributed by atoms with Crippen molar-refractivity contribution in [3.8, 4) is 0 Å². The van der Waals surface area contributed by atoms with E-state index in [-0.39, 0.29) is 0 Å². The van der Waals surface area contributed by atoms with E-state index in [0.29, 0.717) is 12.1 Å². The standard InChI is InChI=1S/C13H18ClNO/c1-10(8-13-6-3-7-16-13)15-12-5-2-4-11(14)9-12/h2,4-5,9-10,13,15H,3,6-8H2,1H3. The molecule has 1 fully saturated rings. The molecule has 2 atom stereocenters. The molecule has 1 aliphatic rings. The summed E-state index contributed by atoms with van der Waals surface area (Å²) < 4.78 is 5.62. The molecule has 2 rings (SSSR count). The van der Waals surface area contributed by atoms with E-state index in [1.807, 2.05) is 24.3 Å². The molecule has 0 radical (unpaired) electrons. The summed E-state index contributed by atoms with van der Waals surface area (Å²) in [6.07, 6.45) is 3.89. The quantitative estimate of drug-likeness (QED) is 0.865. The van der Waals surface area contributed by atoms with Crippen LogP contribution in [0.3, 0.4) is 0 Å². The van der Waals surface area contributed by atoms with Crippen molar-refractivity contribution in [1.29, 1.82) is 0 Å². The summed E-state index contributed by atoms with van der Waals surface area (Å²) in [6.45, 7) is 3.11. The van der Waals surface area contributed by atoms with Gasteiger partial charge in [-0.2, -0.15) is 0 Å². The lowest BCUT2D eigenvalue weighted by molar-refractivity contribution is 0.101. The predicted molar refractivity (Wildman–Crippen MR) is 68.1 cm³/mol. The highest BCUT2D eigenvalue weighted by Gasteiger charge is 2.18. The molecule has 0 spiro atoms. The number of ether oxygens (including phenoxy) is 1. The molecular weight excluding hydrogens is 222 g/mol. The Kier molecular flexibility index (Phi) is 4.08. The van der Waals surface area contributed by atoms with E-state index in [1.165, 1.54) is 12.8 Å². The highest BCUT2D eigenvalue weighted by molar-refractivity contribution is 6.30. The number of halogens is 1. The number of anilines is 1. The molecule has 1 N–H and O–H groups in total. The van der Waals surface area contributed by atoms with Crippen LogP contribution in [0.2, 0.25) is 5.02 Å². The Balaban J connectivity index is 1.84. The van der Waals surface area contributed by atoms with Crippen LogP contribution in [-0.4, -0.2) is 18.8 Å². The predicted octanol–water partition coefficient (Wildman–Crippen LogP) is 3.71. The van der Waals surface area contributed by atoms with Crippen molar-refractivity contribution in [2.75, 3.05) is 11.9 Å². The lowest BCUT2D eigenvalue weighted by Crippen LogP contribution is -2.21. The summed E-state index contributed by atoms with van der Waals surface area (Å²) in [5.41, 5.74) is 1.08. The highest BCUT2D eigenvalue weighted by atomic mass is 35.5. The summed E-state index contributed by atoms with van der Waals surface area (Å²) in [5, 5.41) is 4.22. The van der Waals surface area contributed by atoms with Crippen molar-refractivity contribution in [2.24, 2.45) is 0 Å². The SMILES string of the molecule is CC(CC1CCCO1)Nc1cccc(Cl)c1. The van der Waals surface area contributed by atoms with Crippen LogP contribution < -0.4 is 5.32 Å². The molecule has 1 aromatic carbocycles. The number of hydrogen-bond acceptors (Lipinski definition) is 2. The van der Waals surface area contributed by atoms with E-state index in [2.05, 4.69) is 12.2 Å². The van der Waals surface area contributed by atoms with Crippen molar-refractivity contribution >= 4 is 17.3 Å². The highest BCUT2D eigenvalue weighted by Crippen LogP contribution is 2.20. The Bertz CT molecular complexity index is 336. The first kappa shape index (κ1) is 11.7. The van der Waals surface area contributed by atoms with E-state index in [4.69, 9.17) is 16.3 Å². The maximum atomic E-state index is 5.93. The number of benzene rings is 1. The second-order valence-corrected chi connectivity index (χ2v) is 4.86. The van der Waals surface area contributed by atoms with E-state index in [9.17, 15) is 0 Å². The molecule has 0 amide bonds. The van der Waals surface area contributed by atoms with Gasteiger partial charge in [0.15, 0.2) is 0 Å². The van der Waals surface area contributed by atoms with E-state index < -0.39 is 0 Å². The van der Waals surface area contributed by atoms with Gasteiger partial charge < -0.3 is 10.1 Å². The van der Waals surface area contributed by atoms with Gasteiger partial charge in [0.05, 0.1) is 6.10 Å². The molecular formula is C13H18ClNO. The van der Waals surface area contributed by atoms with Gasteiger partial charge in [0.1, 0.15) is 0 Å². The maximum Gasteiger partial charge on any atom is 0.0595 e. The van der Waals surface area contributed by atoms with Gasteiger partial charge in [-0.15, -0.1) is 0 Å². The zero-order valence-electron chi connectivity index (χ0n) is 9.58. The van der Waals surface area contributed by atoms with Crippen molar-refractivity contribution in [3.63, 3.8) is 0 Å². The molecule has 1 heterocycles. The largest absolute Gasteiger partial charge is 0.382 e. The van der Waals surface area contributed by atoms with Crippen LogP contribution in [0.1, 0.15) is 26.2 Å². The molecule has 0 aliphatic carbocycles. The van der Waals surface area contributed by atoms with Crippen molar-refractivity contribution in [1.82, 2.24) is 0 Å². The Morgan fingerprint density at radius 1 is 1.56 bits per heavy atom. The first-order valence-corrected chi connectivity index (χ1v) is 6.25. The van der Waals surface area contributed by atoms with Crippen LogP contribution in [0.25, 0.3) is 0 Å². The average Bonchev–Trinajstić information content (AvgIpc) is 2.70. The van der Waals surface area contributed by atoms with Crippen LogP contribution in [0.5, 0.6) is 0 Å². The van der Waals surface area contributed by atoms with Gasteiger partial charge in [-0.25, -0.2) is 0 Å². The second kappa shape index (κ2) is 5.55. The fraction of sp³-hybridized carbons (Fsp3) is 0.538. The second-order valence-electron chi connectivity index (χ2n) is 4.43. The fourth-order valence-corrected chi connectivity index (χ4v) is 2.34. The normalized spacial score (nSPS) is 22.0. The summed E-state index contributed by atoms with van der Waals surface area (Å²) in [5.74, 6) is 0. The van der Waals surface area contributed by atoms with Crippen LogP contribution in [-0.2, 0) is 4.74 Å². The van der Waals surface area contributed by atoms with Crippen molar-refractivity contribution < 1.29 is 4.74 Å². The van der Waals surface area contributed by atoms with Gasteiger partial charge in [-0.3, -0.25) is 0 Å². The fourth-order valence-electron chi connectivity index (χ4n) is 2.15. The number of hydrogen-bond donors (Lipinski definition) is 1. The van der Waals surface area contributed by atoms with Crippen LogP contribution in [0.4, 0.5) is 5.69 Å². The zero-order valence-corrected chi connectivity index (χ0v) is 10.3. The smallest absolute Gasteiger partial charge is 0.0595 e. The summed E-state index contributed by atoms with van der Waals surface area (Å²) in [6, 6.07) is 8.26. The number of nitrogens with one attached hydrogen (secondary N) is 1. The third-order valence-electron chi connectivity index (χ3n) is 2.88. The lowest BCUT2D eigenvalue weighted by atomic mass is 10.1. The molecule has 0 saturated carbocycles. The van der Waals surface area contributed by atoms with Crippen LogP contribution in [0, 0.1) is 0 Å². The van der Waals surface area contributed by atoms with Crippen molar-refractivity contribution in [2.45, 2.75) is 38.3 Å². The molecule has 2 unspecified atom stereocenters. The molecule has 16 heavy (non-hydrogen) atoms. The first-order chi connectivity index (χ1) is 7.74. The number of rotatable bonds is 4. The van der Waals surface area contributed by atoms with Gasteiger partial charge in [-0.05, 0) is 44.4 Å². The molecule has 88 valence electrons. The van der Waals surface area contributed by atoms with Gasteiger partial charge in [0.25, 0.3) is 0 Å². The summed E-state index contributed by atoms with van der Waals surface area (Å²) >= 11 is 5.93. The molecule has 1 saturated heterocycles. The topological polar surface area (TPSA) is 21.3 Å². The lowest BCUT2D eigenvalue weighted by Gasteiger charge is -2.18. The van der Waals surface area contributed by atoms with Gasteiger partial charge in [-0.1, -0.05) is 17.7 Å². The molecule has 3 heteroatoms. The van der Waals surface area contributed by atoms with Crippen molar-refractivity contribution in [3.05, 3.63) is 29.3 Å². The summed E-state index contributed by atoms with van der Waals surface area (Å²) in [4.78, 5) is 0. The average molecular weight is 240 g/mol. The van der Waals surface area contributed by atoms with E-state index in [0.717, 1.165) is 23.7 Å². The summed E-state index contributed by atoms with van der Waals surface area (Å²) in [7, 11) is 0. The Hall–Kier alpha value is -0.730. The van der Waals surface area contributed by atoms with Gasteiger partial charge in [0, 0.05) is 23.4 Å². The van der Waals surface area contributed by atoms with Crippen LogP contribution >= 0.6 is 11.6 Å². The minimum absolute atomic E-state index is 0.418. The Labute approximate surface area is 102 Å². The monoisotopic (exact) mass is 239 g/mol. The first-order valence-electron chi connectivity index (χ1n) is 5.88.